The van der Waals surface area contributed by atoms with Crippen LogP contribution >= 0.6 is 23.4 Å². The Morgan fingerprint density at radius 2 is 1.66 bits per heavy atom. The Balaban J connectivity index is 1.82. The van der Waals surface area contributed by atoms with Crippen molar-refractivity contribution in [1.29, 1.82) is 0 Å². The van der Waals surface area contributed by atoms with E-state index in [-0.39, 0.29) is 0 Å². The third-order valence-corrected chi connectivity index (χ3v) is 6.00. The molecule has 1 heterocycles. The van der Waals surface area contributed by atoms with Crippen molar-refractivity contribution in [2.24, 2.45) is 0 Å². The molecule has 0 aliphatic carbocycles. The van der Waals surface area contributed by atoms with Gasteiger partial charge < -0.3 is 4.74 Å². The molecular formula is C23H20ClN3OS. The maximum atomic E-state index is 6.48. The quantitative estimate of drug-likeness (QED) is 0.347. The lowest BCUT2D eigenvalue weighted by Crippen LogP contribution is -2.02. The minimum Gasteiger partial charge on any atom is -0.495 e. The molecule has 0 amide bonds. The van der Waals surface area contributed by atoms with Gasteiger partial charge in [0.1, 0.15) is 5.75 Å². The standard InChI is InChI=1S/C23H20ClN3OS/c1-16-9-3-4-10-17(16)15-29-23-26-25-22(18-11-5-6-12-19(18)24)27(23)20-13-7-8-14-21(20)28-2/h3-14H,15H2,1-2H3. The second kappa shape index (κ2) is 8.72. The van der Waals surface area contributed by atoms with Crippen LogP contribution in [0.25, 0.3) is 17.1 Å². The summed E-state index contributed by atoms with van der Waals surface area (Å²) in [5.41, 5.74) is 4.23. The molecule has 146 valence electrons. The van der Waals surface area contributed by atoms with E-state index in [0.717, 1.165) is 27.9 Å². The predicted octanol–water partition coefficient (Wildman–Crippen LogP) is 6.20. The van der Waals surface area contributed by atoms with Gasteiger partial charge in [-0.15, -0.1) is 10.2 Å². The zero-order valence-corrected chi connectivity index (χ0v) is 17.7. The molecule has 0 radical (unpaired) electrons. The normalized spacial score (nSPS) is 10.9. The number of halogens is 1. The van der Waals surface area contributed by atoms with Crippen LogP contribution in [0.2, 0.25) is 5.02 Å². The monoisotopic (exact) mass is 421 g/mol. The van der Waals surface area contributed by atoms with Crippen LogP contribution < -0.4 is 4.74 Å². The highest BCUT2D eigenvalue weighted by atomic mass is 35.5. The van der Waals surface area contributed by atoms with Crippen molar-refractivity contribution in [3.63, 3.8) is 0 Å². The lowest BCUT2D eigenvalue weighted by Gasteiger charge is -2.14. The molecule has 0 unspecified atom stereocenters. The predicted molar refractivity (Wildman–Crippen MR) is 119 cm³/mol. The summed E-state index contributed by atoms with van der Waals surface area (Å²) in [6.07, 6.45) is 0. The van der Waals surface area contributed by atoms with Gasteiger partial charge in [-0.25, -0.2) is 0 Å². The van der Waals surface area contributed by atoms with Crippen molar-refractivity contribution in [2.75, 3.05) is 7.11 Å². The third kappa shape index (κ3) is 4.02. The second-order valence-electron chi connectivity index (χ2n) is 6.51. The van der Waals surface area contributed by atoms with E-state index in [2.05, 4.69) is 41.4 Å². The smallest absolute Gasteiger partial charge is 0.196 e. The van der Waals surface area contributed by atoms with E-state index in [4.69, 9.17) is 16.3 Å². The summed E-state index contributed by atoms with van der Waals surface area (Å²) < 4.78 is 7.63. The molecule has 1 aromatic heterocycles. The van der Waals surface area contributed by atoms with Crippen molar-refractivity contribution in [2.45, 2.75) is 17.8 Å². The first-order valence-corrected chi connectivity index (χ1v) is 10.6. The van der Waals surface area contributed by atoms with Gasteiger partial charge in [0.2, 0.25) is 0 Å². The van der Waals surface area contributed by atoms with E-state index in [9.17, 15) is 0 Å². The van der Waals surface area contributed by atoms with Crippen molar-refractivity contribution >= 4 is 23.4 Å². The molecule has 0 fully saturated rings. The molecular weight excluding hydrogens is 402 g/mol. The fraction of sp³-hybridized carbons (Fsp3) is 0.130. The minimum absolute atomic E-state index is 0.631. The Hall–Kier alpha value is -2.76. The first-order chi connectivity index (χ1) is 14.2. The molecule has 0 spiro atoms. The van der Waals surface area contributed by atoms with E-state index in [1.165, 1.54) is 11.1 Å². The SMILES string of the molecule is COc1ccccc1-n1c(SCc2ccccc2C)nnc1-c1ccccc1Cl. The van der Waals surface area contributed by atoms with Crippen LogP contribution in [0.5, 0.6) is 5.75 Å². The van der Waals surface area contributed by atoms with E-state index < -0.39 is 0 Å². The number of hydrogen-bond donors (Lipinski definition) is 0. The van der Waals surface area contributed by atoms with Crippen LogP contribution in [-0.2, 0) is 5.75 Å². The fourth-order valence-electron chi connectivity index (χ4n) is 3.13. The Labute approximate surface area is 179 Å². The van der Waals surface area contributed by atoms with E-state index >= 15 is 0 Å². The molecule has 4 nitrogen and oxygen atoms in total. The molecule has 0 bridgehead atoms. The number of ether oxygens (including phenoxy) is 1. The van der Waals surface area contributed by atoms with E-state index in [1.807, 2.05) is 53.1 Å². The Morgan fingerprint density at radius 3 is 2.45 bits per heavy atom. The van der Waals surface area contributed by atoms with Gasteiger partial charge in [-0.3, -0.25) is 4.57 Å². The van der Waals surface area contributed by atoms with Gasteiger partial charge >= 0.3 is 0 Å². The first-order valence-electron chi connectivity index (χ1n) is 9.20. The van der Waals surface area contributed by atoms with E-state index in [0.29, 0.717) is 10.8 Å². The summed E-state index contributed by atoms with van der Waals surface area (Å²) >= 11 is 8.12. The Kier molecular flexibility index (Phi) is 5.88. The Bertz CT molecular complexity index is 1140. The molecule has 0 aliphatic heterocycles. The van der Waals surface area contributed by atoms with Gasteiger partial charge in [0.05, 0.1) is 17.8 Å². The van der Waals surface area contributed by atoms with Crippen LogP contribution in [0.4, 0.5) is 0 Å². The van der Waals surface area contributed by atoms with Crippen LogP contribution in [0.3, 0.4) is 0 Å². The van der Waals surface area contributed by atoms with Gasteiger partial charge in [0.25, 0.3) is 0 Å². The maximum absolute atomic E-state index is 6.48. The lowest BCUT2D eigenvalue weighted by molar-refractivity contribution is 0.412. The number of para-hydroxylation sites is 2. The number of methoxy groups -OCH3 is 1. The summed E-state index contributed by atoms with van der Waals surface area (Å²) in [5, 5.41) is 10.4. The number of thioether (sulfide) groups is 1. The number of benzene rings is 3. The van der Waals surface area contributed by atoms with Gasteiger partial charge in [0.15, 0.2) is 11.0 Å². The van der Waals surface area contributed by atoms with Crippen molar-refractivity contribution in [3.8, 4) is 22.8 Å². The van der Waals surface area contributed by atoms with Crippen LogP contribution in [0.15, 0.2) is 78.0 Å². The zero-order valence-electron chi connectivity index (χ0n) is 16.2. The summed E-state index contributed by atoms with van der Waals surface area (Å²) in [6.45, 7) is 2.12. The van der Waals surface area contributed by atoms with Crippen molar-refractivity contribution in [3.05, 3.63) is 88.9 Å². The average Bonchev–Trinajstić information content (AvgIpc) is 3.17. The molecule has 29 heavy (non-hydrogen) atoms. The fourth-order valence-corrected chi connectivity index (χ4v) is 4.37. The highest BCUT2D eigenvalue weighted by Crippen LogP contribution is 2.35. The average molecular weight is 422 g/mol. The summed E-state index contributed by atoms with van der Waals surface area (Å²) in [7, 11) is 1.67. The minimum atomic E-state index is 0.631. The molecule has 0 saturated carbocycles. The number of nitrogens with zero attached hydrogens (tertiary/aromatic N) is 3. The number of rotatable bonds is 6. The highest BCUT2D eigenvalue weighted by Gasteiger charge is 2.20. The summed E-state index contributed by atoms with van der Waals surface area (Å²) in [5.74, 6) is 2.23. The van der Waals surface area contributed by atoms with Gasteiger partial charge in [-0.05, 0) is 42.3 Å². The lowest BCUT2D eigenvalue weighted by atomic mass is 10.1. The number of aromatic nitrogens is 3. The highest BCUT2D eigenvalue weighted by molar-refractivity contribution is 7.98. The summed E-state index contributed by atoms with van der Waals surface area (Å²) in [6, 6.07) is 23.9. The molecule has 0 aliphatic rings. The van der Waals surface area contributed by atoms with Crippen LogP contribution in [0, 0.1) is 6.92 Å². The van der Waals surface area contributed by atoms with Gasteiger partial charge in [-0.2, -0.15) is 0 Å². The zero-order chi connectivity index (χ0) is 20.2. The van der Waals surface area contributed by atoms with Gasteiger partial charge in [-0.1, -0.05) is 71.9 Å². The maximum Gasteiger partial charge on any atom is 0.196 e. The van der Waals surface area contributed by atoms with Crippen molar-refractivity contribution in [1.82, 2.24) is 14.8 Å². The first kappa shape index (κ1) is 19.6. The molecule has 4 rings (SSSR count). The molecule has 0 saturated heterocycles. The second-order valence-corrected chi connectivity index (χ2v) is 7.86. The number of hydrogen-bond acceptors (Lipinski definition) is 4. The van der Waals surface area contributed by atoms with E-state index in [1.54, 1.807) is 18.9 Å². The molecule has 0 atom stereocenters. The largest absolute Gasteiger partial charge is 0.495 e. The van der Waals surface area contributed by atoms with Crippen molar-refractivity contribution < 1.29 is 4.74 Å². The Morgan fingerprint density at radius 1 is 0.931 bits per heavy atom. The molecule has 4 aromatic rings. The van der Waals surface area contributed by atoms with Crippen LogP contribution in [0.1, 0.15) is 11.1 Å². The molecule has 0 N–H and O–H groups in total. The summed E-state index contributed by atoms with van der Waals surface area (Å²) in [4.78, 5) is 0. The number of aryl methyl sites for hydroxylation is 1. The third-order valence-electron chi connectivity index (χ3n) is 4.69. The van der Waals surface area contributed by atoms with Gasteiger partial charge in [0, 0.05) is 11.3 Å². The molecule has 6 heteroatoms. The topological polar surface area (TPSA) is 39.9 Å². The molecule has 3 aromatic carbocycles. The van der Waals surface area contributed by atoms with Crippen LogP contribution in [-0.4, -0.2) is 21.9 Å².